The number of carbonyl (C=O) groups excluding carboxylic acids is 1. The van der Waals surface area contributed by atoms with Crippen LogP contribution in [0.15, 0.2) is 53.7 Å². The zero-order chi connectivity index (χ0) is 18.8. The van der Waals surface area contributed by atoms with E-state index < -0.39 is 0 Å². The lowest BCUT2D eigenvalue weighted by molar-refractivity contribution is -0.129. The van der Waals surface area contributed by atoms with E-state index >= 15 is 0 Å². The van der Waals surface area contributed by atoms with Crippen LogP contribution >= 0.6 is 23.4 Å². The molecule has 6 nitrogen and oxygen atoms in total. The van der Waals surface area contributed by atoms with Gasteiger partial charge in [0.15, 0.2) is 5.82 Å². The average Bonchev–Trinajstić information content (AvgIpc) is 3.06. The highest BCUT2D eigenvalue weighted by Crippen LogP contribution is 2.28. The lowest BCUT2D eigenvalue weighted by Crippen LogP contribution is -2.37. The van der Waals surface area contributed by atoms with E-state index in [4.69, 9.17) is 17.4 Å². The summed E-state index contributed by atoms with van der Waals surface area (Å²) >= 11 is 7.49. The Hall–Kier alpha value is -2.51. The van der Waals surface area contributed by atoms with E-state index in [-0.39, 0.29) is 11.7 Å². The van der Waals surface area contributed by atoms with Crippen molar-refractivity contribution in [3.63, 3.8) is 0 Å². The van der Waals surface area contributed by atoms with Gasteiger partial charge in [0.25, 0.3) is 0 Å². The van der Waals surface area contributed by atoms with Crippen molar-refractivity contribution in [1.82, 2.24) is 19.8 Å². The Bertz CT molecular complexity index is 990. The van der Waals surface area contributed by atoms with Crippen LogP contribution in [0.5, 0.6) is 0 Å². The van der Waals surface area contributed by atoms with Crippen LogP contribution in [0, 0.1) is 0 Å². The van der Waals surface area contributed by atoms with Gasteiger partial charge in [0.05, 0.1) is 10.8 Å². The number of nitrogens with two attached hydrogens (primary N) is 1. The molecule has 0 aliphatic carbocycles. The Morgan fingerprint density at radius 3 is 2.67 bits per heavy atom. The normalized spacial score (nSPS) is 13.4. The first-order chi connectivity index (χ1) is 13.1. The molecule has 1 aromatic heterocycles. The summed E-state index contributed by atoms with van der Waals surface area (Å²) < 4.78 is 1.38. The molecule has 1 aliphatic rings. The summed E-state index contributed by atoms with van der Waals surface area (Å²) in [6.45, 7) is 1.38. The van der Waals surface area contributed by atoms with Crippen molar-refractivity contribution >= 4 is 29.3 Å². The molecule has 0 saturated carbocycles. The van der Waals surface area contributed by atoms with Gasteiger partial charge in [-0.25, -0.2) is 4.68 Å². The maximum atomic E-state index is 12.6. The van der Waals surface area contributed by atoms with Crippen LogP contribution < -0.4 is 5.84 Å². The number of carbonyl (C=O) groups is 1. The van der Waals surface area contributed by atoms with Gasteiger partial charge in [-0.2, -0.15) is 0 Å². The van der Waals surface area contributed by atoms with Gasteiger partial charge in [-0.1, -0.05) is 59.8 Å². The second kappa shape index (κ2) is 7.62. The number of amides is 1. The number of hydrogen-bond acceptors (Lipinski definition) is 5. The van der Waals surface area contributed by atoms with Crippen LogP contribution in [0.1, 0.15) is 11.1 Å². The first-order valence-corrected chi connectivity index (χ1v) is 9.92. The third kappa shape index (κ3) is 3.65. The minimum absolute atomic E-state index is 0.0665. The molecule has 138 valence electrons. The highest BCUT2D eigenvalue weighted by atomic mass is 35.5. The molecule has 2 N–H and O–H groups in total. The lowest BCUT2D eigenvalue weighted by Gasteiger charge is -2.28. The molecule has 4 rings (SSSR count). The Balaban J connectivity index is 1.43. The van der Waals surface area contributed by atoms with E-state index in [1.165, 1.54) is 27.6 Å². The van der Waals surface area contributed by atoms with Gasteiger partial charge < -0.3 is 10.7 Å². The molecule has 2 heterocycles. The summed E-state index contributed by atoms with van der Waals surface area (Å²) in [5, 5.41) is 9.27. The minimum Gasteiger partial charge on any atom is -0.337 e. The Labute approximate surface area is 166 Å². The van der Waals surface area contributed by atoms with E-state index in [0.717, 1.165) is 13.0 Å². The third-order valence-electron chi connectivity index (χ3n) is 4.59. The number of hydrogen-bond donors (Lipinski definition) is 1. The van der Waals surface area contributed by atoms with E-state index in [9.17, 15) is 4.79 Å². The van der Waals surface area contributed by atoms with E-state index in [1.807, 2.05) is 35.2 Å². The van der Waals surface area contributed by atoms with Crippen LogP contribution in [-0.4, -0.2) is 38.0 Å². The van der Waals surface area contributed by atoms with Gasteiger partial charge in [0, 0.05) is 18.7 Å². The SMILES string of the molecule is Nn1c(SCC(=O)N2CCc3ccccc3C2)nnc1-c1ccccc1Cl. The van der Waals surface area contributed by atoms with Gasteiger partial charge in [-0.05, 0) is 29.7 Å². The number of benzene rings is 2. The molecular weight excluding hydrogens is 382 g/mol. The average molecular weight is 400 g/mol. The molecule has 0 saturated heterocycles. The number of rotatable bonds is 4. The largest absolute Gasteiger partial charge is 0.337 e. The molecule has 0 fully saturated rings. The molecule has 8 heteroatoms. The third-order valence-corrected chi connectivity index (χ3v) is 5.84. The summed E-state index contributed by atoms with van der Waals surface area (Å²) in [5.74, 6) is 6.92. The van der Waals surface area contributed by atoms with Crippen molar-refractivity contribution in [1.29, 1.82) is 0 Å². The molecular formula is C19H18ClN5OS. The topological polar surface area (TPSA) is 77.0 Å². The van der Waals surface area contributed by atoms with Gasteiger partial charge in [-0.15, -0.1) is 10.2 Å². The van der Waals surface area contributed by atoms with E-state index in [0.29, 0.717) is 28.1 Å². The van der Waals surface area contributed by atoms with Crippen LogP contribution in [0.4, 0.5) is 0 Å². The van der Waals surface area contributed by atoms with Crippen molar-refractivity contribution in [2.45, 2.75) is 18.1 Å². The second-order valence-electron chi connectivity index (χ2n) is 6.28. The fourth-order valence-corrected chi connectivity index (χ4v) is 4.11. The second-order valence-corrected chi connectivity index (χ2v) is 7.63. The van der Waals surface area contributed by atoms with E-state index in [1.54, 1.807) is 6.07 Å². The highest BCUT2D eigenvalue weighted by molar-refractivity contribution is 7.99. The van der Waals surface area contributed by atoms with Crippen LogP contribution in [-0.2, 0) is 17.8 Å². The fraction of sp³-hybridized carbons (Fsp3) is 0.211. The van der Waals surface area contributed by atoms with Gasteiger partial charge in [0.1, 0.15) is 0 Å². The summed E-state index contributed by atoms with van der Waals surface area (Å²) in [7, 11) is 0. The first-order valence-electron chi connectivity index (χ1n) is 8.56. The maximum absolute atomic E-state index is 12.6. The number of halogens is 1. The predicted octanol–water partition coefficient (Wildman–Crippen LogP) is 2.99. The van der Waals surface area contributed by atoms with Crippen LogP contribution in [0.2, 0.25) is 5.02 Å². The van der Waals surface area contributed by atoms with Crippen molar-refractivity contribution < 1.29 is 4.79 Å². The summed E-state index contributed by atoms with van der Waals surface area (Å²) in [4.78, 5) is 14.5. The molecule has 0 spiro atoms. The summed E-state index contributed by atoms with van der Waals surface area (Å²) in [6, 6.07) is 15.6. The van der Waals surface area contributed by atoms with Crippen LogP contribution in [0.25, 0.3) is 11.4 Å². The van der Waals surface area contributed by atoms with E-state index in [2.05, 4.69) is 22.3 Å². The molecule has 3 aromatic rings. The molecule has 1 amide bonds. The molecule has 0 unspecified atom stereocenters. The van der Waals surface area contributed by atoms with Crippen molar-refractivity contribution in [3.05, 3.63) is 64.7 Å². The zero-order valence-corrected chi connectivity index (χ0v) is 16.1. The Kier molecular flexibility index (Phi) is 5.05. The minimum atomic E-state index is 0.0665. The quantitative estimate of drug-likeness (QED) is 0.539. The van der Waals surface area contributed by atoms with Gasteiger partial charge in [-0.3, -0.25) is 4.79 Å². The molecule has 0 atom stereocenters. The summed E-state index contributed by atoms with van der Waals surface area (Å²) in [6.07, 6.45) is 0.885. The molecule has 0 bridgehead atoms. The molecule has 27 heavy (non-hydrogen) atoms. The Morgan fingerprint density at radius 1 is 1.11 bits per heavy atom. The highest BCUT2D eigenvalue weighted by Gasteiger charge is 2.22. The number of aromatic nitrogens is 3. The lowest BCUT2D eigenvalue weighted by atomic mass is 10.00. The molecule has 0 radical (unpaired) electrons. The van der Waals surface area contributed by atoms with Crippen molar-refractivity contribution in [2.75, 3.05) is 18.1 Å². The van der Waals surface area contributed by atoms with Gasteiger partial charge in [0.2, 0.25) is 11.1 Å². The Morgan fingerprint density at radius 2 is 1.85 bits per heavy atom. The molecule has 1 aliphatic heterocycles. The first kappa shape index (κ1) is 17.9. The molecule has 2 aromatic carbocycles. The predicted molar refractivity (Wildman–Crippen MR) is 107 cm³/mol. The maximum Gasteiger partial charge on any atom is 0.233 e. The number of fused-ring (bicyclic) bond motifs is 1. The number of nitrogen functional groups attached to an aromatic ring is 1. The smallest absolute Gasteiger partial charge is 0.233 e. The monoisotopic (exact) mass is 399 g/mol. The zero-order valence-electron chi connectivity index (χ0n) is 14.5. The standard InChI is InChI=1S/C19H18ClN5OS/c20-16-8-4-3-7-15(16)18-22-23-19(25(18)21)27-12-17(26)24-10-9-13-5-1-2-6-14(13)11-24/h1-8H,9-12,21H2. The van der Waals surface area contributed by atoms with Gasteiger partial charge >= 0.3 is 0 Å². The van der Waals surface area contributed by atoms with Crippen molar-refractivity contribution in [2.24, 2.45) is 0 Å². The number of thioether (sulfide) groups is 1. The van der Waals surface area contributed by atoms with Crippen molar-refractivity contribution in [3.8, 4) is 11.4 Å². The van der Waals surface area contributed by atoms with Crippen LogP contribution in [0.3, 0.4) is 0 Å². The fourth-order valence-electron chi connectivity index (χ4n) is 3.13. The summed E-state index contributed by atoms with van der Waals surface area (Å²) in [5.41, 5.74) is 3.24. The number of nitrogens with zero attached hydrogens (tertiary/aromatic N) is 4.